The molecule has 3 rings (SSSR count). The molecule has 0 aliphatic carbocycles. The highest BCUT2D eigenvalue weighted by atomic mass is 16.5. The average molecular weight is 501 g/mol. The van der Waals surface area contributed by atoms with E-state index in [9.17, 15) is 10.2 Å². The molecule has 0 fully saturated rings. The number of aromatic hydroxyl groups is 2. The summed E-state index contributed by atoms with van der Waals surface area (Å²) in [4.78, 5) is 0. The van der Waals surface area contributed by atoms with Gasteiger partial charge in [-0.25, -0.2) is 0 Å². The zero-order valence-electron chi connectivity index (χ0n) is 22.4. The maximum atomic E-state index is 10.5. The Morgan fingerprint density at radius 1 is 0.730 bits per heavy atom. The van der Waals surface area contributed by atoms with Gasteiger partial charge >= 0.3 is 0 Å². The fourth-order valence-electron chi connectivity index (χ4n) is 3.71. The number of benzene rings is 2. The van der Waals surface area contributed by atoms with E-state index in [0.29, 0.717) is 24.3 Å². The zero-order valence-corrected chi connectivity index (χ0v) is 22.4. The van der Waals surface area contributed by atoms with Crippen LogP contribution in [0.5, 0.6) is 23.0 Å². The Morgan fingerprint density at radius 2 is 1.22 bits per heavy atom. The van der Waals surface area contributed by atoms with Gasteiger partial charge in [-0.15, -0.1) is 0 Å². The SMILES string of the molecule is COc1cc(/C=C/c2cc(/C=C/c3cc(CC=C(C)C)c(O)c(OC)c3)[nH]n2)cc(CC=C(C)C)c1O. The number of nitrogens with zero attached hydrogens (tertiary/aromatic N) is 1. The molecule has 0 bridgehead atoms. The highest BCUT2D eigenvalue weighted by Crippen LogP contribution is 2.34. The molecule has 3 aromatic rings. The Bertz CT molecular complexity index is 1250. The molecule has 0 atom stereocenters. The third-order valence-corrected chi connectivity index (χ3v) is 5.77. The van der Waals surface area contributed by atoms with Crippen molar-refractivity contribution in [3.05, 3.63) is 87.3 Å². The fourth-order valence-corrected chi connectivity index (χ4v) is 3.71. The Kier molecular flexibility index (Phi) is 9.39. The number of hydrogen-bond acceptors (Lipinski definition) is 5. The van der Waals surface area contributed by atoms with Crippen LogP contribution in [0.15, 0.2) is 53.6 Å². The van der Waals surface area contributed by atoms with Crippen molar-refractivity contribution in [2.45, 2.75) is 40.5 Å². The lowest BCUT2D eigenvalue weighted by Gasteiger charge is -2.09. The van der Waals surface area contributed by atoms with Gasteiger partial charge in [0.15, 0.2) is 23.0 Å². The first-order valence-electron chi connectivity index (χ1n) is 12.2. The van der Waals surface area contributed by atoms with E-state index >= 15 is 0 Å². The van der Waals surface area contributed by atoms with E-state index in [0.717, 1.165) is 33.6 Å². The molecule has 6 heteroatoms. The molecule has 0 aliphatic heterocycles. The van der Waals surface area contributed by atoms with E-state index in [2.05, 4.69) is 22.3 Å². The highest BCUT2D eigenvalue weighted by Gasteiger charge is 2.10. The first kappa shape index (κ1) is 27.4. The van der Waals surface area contributed by atoms with Crippen molar-refractivity contribution in [1.82, 2.24) is 10.2 Å². The van der Waals surface area contributed by atoms with Gasteiger partial charge in [0, 0.05) is 11.1 Å². The fraction of sp³-hybridized carbons (Fsp3) is 0.258. The monoisotopic (exact) mass is 500 g/mol. The molecular weight excluding hydrogens is 464 g/mol. The van der Waals surface area contributed by atoms with E-state index in [1.165, 1.54) is 11.1 Å². The van der Waals surface area contributed by atoms with Crippen LogP contribution < -0.4 is 9.47 Å². The van der Waals surface area contributed by atoms with Crippen LogP contribution in [0, 0.1) is 0 Å². The maximum absolute atomic E-state index is 10.5. The van der Waals surface area contributed by atoms with Gasteiger partial charge in [-0.05, 0) is 94.1 Å². The summed E-state index contributed by atoms with van der Waals surface area (Å²) in [6, 6.07) is 9.45. The largest absolute Gasteiger partial charge is 0.504 e. The summed E-state index contributed by atoms with van der Waals surface area (Å²) in [5, 5.41) is 28.3. The number of phenols is 2. The third-order valence-electron chi connectivity index (χ3n) is 5.77. The van der Waals surface area contributed by atoms with Gasteiger partial charge < -0.3 is 19.7 Å². The minimum absolute atomic E-state index is 0.166. The molecule has 2 aromatic carbocycles. The number of phenolic OH excluding ortho intramolecular Hbond substituents is 2. The minimum Gasteiger partial charge on any atom is -0.504 e. The molecular formula is C31H36N2O4. The molecule has 0 saturated heterocycles. The van der Waals surface area contributed by atoms with Crippen LogP contribution >= 0.6 is 0 Å². The number of aromatic nitrogens is 2. The van der Waals surface area contributed by atoms with Crippen molar-refractivity contribution in [3.8, 4) is 23.0 Å². The summed E-state index contributed by atoms with van der Waals surface area (Å²) in [5.41, 5.74) is 7.42. The second-order valence-electron chi connectivity index (χ2n) is 9.35. The number of ether oxygens (including phenoxy) is 2. The Labute approximate surface area is 219 Å². The van der Waals surface area contributed by atoms with E-state index in [-0.39, 0.29) is 11.5 Å². The summed E-state index contributed by atoms with van der Waals surface area (Å²) < 4.78 is 10.7. The second-order valence-corrected chi connectivity index (χ2v) is 9.35. The predicted molar refractivity (Wildman–Crippen MR) is 152 cm³/mol. The summed E-state index contributed by atoms with van der Waals surface area (Å²) >= 11 is 0. The molecule has 0 spiro atoms. The molecule has 1 aromatic heterocycles. The summed E-state index contributed by atoms with van der Waals surface area (Å²) in [5.74, 6) is 1.22. The van der Waals surface area contributed by atoms with E-state index in [1.54, 1.807) is 26.4 Å². The molecule has 0 radical (unpaired) electrons. The third kappa shape index (κ3) is 7.64. The topological polar surface area (TPSA) is 87.6 Å². The first-order valence-corrected chi connectivity index (χ1v) is 12.2. The quantitative estimate of drug-likeness (QED) is 0.256. The maximum Gasteiger partial charge on any atom is 0.161 e. The molecule has 0 aliphatic rings. The Balaban J connectivity index is 1.80. The molecule has 194 valence electrons. The van der Waals surface area contributed by atoms with Crippen LogP contribution in [-0.2, 0) is 12.8 Å². The van der Waals surface area contributed by atoms with Crippen molar-refractivity contribution < 1.29 is 19.7 Å². The number of aromatic amines is 1. The van der Waals surface area contributed by atoms with Gasteiger partial charge in [-0.1, -0.05) is 35.5 Å². The van der Waals surface area contributed by atoms with E-state index < -0.39 is 0 Å². The predicted octanol–water partition coefficient (Wildman–Crippen LogP) is 7.20. The smallest absolute Gasteiger partial charge is 0.161 e. The number of methoxy groups -OCH3 is 2. The molecule has 6 nitrogen and oxygen atoms in total. The van der Waals surface area contributed by atoms with Gasteiger partial charge in [0.1, 0.15) is 0 Å². The lowest BCUT2D eigenvalue weighted by atomic mass is 10.0. The highest BCUT2D eigenvalue weighted by molar-refractivity contribution is 5.74. The summed E-state index contributed by atoms with van der Waals surface area (Å²) in [6.45, 7) is 8.13. The van der Waals surface area contributed by atoms with Crippen molar-refractivity contribution in [2.24, 2.45) is 0 Å². The molecule has 0 amide bonds. The average Bonchev–Trinajstić information content (AvgIpc) is 3.33. The van der Waals surface area contributed by atoms with Crippen LogP contribution in [0.1, 0.15) is 61.3 Å². The van der Waals surface area contributed by atoms with Gasteiger partial charge in [0.05, 0.1) is 25.6 Å². The van der Waals surface area contributed by atoms with Crippen LogP contribution in [0.2, 0.25) is 0 Å². The van der Waals surface area contributed by atoms with Gasteiger partial charge in [-0.3, -0.25) is 5.10 Å². The van der Waals surface area contributed by atoms with E-state index in [4.69, 9.17) is 9.47 Å². The number of H-pyrrole nitrogens is 1. The number of rotatable bonds is 10. The van der Waals surface area contributed by atoms with Crippen molar-refractivity contribution in [3.63, 3.8) is 0 Å². The normalized spacial score (nSPS) is 11.2. The van der Waals surface area contributed by atoms with Gasteiger partial charge in [0.25, 0.3) is 0 Å². The molecule has 0 saturated carbocycles. The minimum atomic E-state index is 0.166. The molecule has 37 heavy (non-hydrogen) atoms. The lowest BCUT2D eigenvalue weighted by Crippen LogP contribution is -1.91. The standard InChI is InChI=1S/C31H36N2O4/c1-20(2)7-11-24-15-22(17-28(36-5)30(24)34)9-13-26-19-27(33-32-26)14-10-23-16-25(12-8-21(3)4)31(35)29(18-23)37-6/h7-10,13-19,34-35H,11-12H2,1-6H3,(H,32,33)/b13-9+,14-10+. The van der Waals surface area contributed by atoms with Crippen molar-refractivity contribution in [1.29, 1.82) is 0 Å². The molecule has 3 N–H and O–H groups in total. The van der Waals surface area contributed by atoms with Crippen LogP contribution in [0.4, 0.5) is 0 Å². The first-order chi connectivity index (χ1) is 17.7. The number of allylic oxidation sites excluding steroid dienone is 4. The number of nitrogens with one attached hydrogen (secondary N) is 1. The zero-order chi connectivity index (χ0) is 26.9. The summed E-state index contributed by atoms with van der Waals surface area (Å²) in [6.07, 6.45) is 13.1. The van der Waals surface area contributed by atoms with Gasteiger partial charge in [0.2, 0.25) is 0 Å². The van der Waals surface area contributed by atoms with Crippen LogP contribution in [0.3, 0.4) is 0 Å². The molecule has 1 heterocycles. The second kappa shape index (κ2) is 12.7. The van der Waals surface area contributed by atoms with Gasteiger partial charge in [-0.2, -0.15) is 5.10 Å². The lowest BCUT2D eigenvalue weighted by molar-refractivity contribution is 0.371. The summed E-state index contributed by atoms with van der Waals surface area (Å²) in [7, 11) is 3.10. The van der Waals surface area contributed by atoms with Crippen molar-refractivity contribution >= 4 is 24.3 Å². The van der Waals surface area contributed by atoms with Crippen molar-refractivity contribution in [2.75, 3.05) is 14.2 Å². The number of hydrogen-bond donors (Lipinski definition) is 3. The van der Waals surface area contributed by atoms with Crippen LogP contribution in [-0.4, -0.2) is 34.6 Å². The Morgan fingerprint density at radius 3 is 1.68 bits per heavy atom. The van der Waals surface area contributed by atoms with Crippen LogP contribution in [0.25, 0.3) is 24.3 Å². The Hall–Kier alpha value is -4.19. The van der Waals surface area contributed by atoms with E-state index in [1.807, 2.05) is 70.2 Å². The molecule has 0 unspecified atom stereocenters.